The van der Waals surface area contributed by atoms with Crippen LogP contribution < -0.4 is 5.30 Å². The van der Waals surface area contributed by atoms with Crippen LogP contribution in [0.25, 0.3) is 0 Å². The lowest BCUT2D eigenvalue weighted by atomic mass is 9.95. The second-order valence-corrected chi connectivity index (χ2v) is 7.63. The summed E-state index contributed by atoms with van der Waals surface area (Å²) in [4.78, 5) is 0. The number of halogens is 5. The average molecular weight is 362 g/mol. The van der Waals surface area contributed by atoms with Crippen molar-refractivity contribution >= 4 is 13.9 Å². The fourth-order valence-corrected chi connectivity index (χ4v) is 3.93. The van der Waals surface area contributed by atoms with Crippen molar-refractivity contribution in [1.82, 2.24) is 0 Å². The molecular formula is C17H16F5OP. The number of phenols is 1. The highest BCUT2D eigenvalue weighted by molar-refractivity contribution is 7.48. The van der Waals surface area contributed by atoms with Gasteiger partial charge < -0.3 is 5.11 Å². The lowest BCUT2D eigenvalue weighted by Gasteiger charge is -2.30. The Balaban J connectivity index is 2.61. The lowest BCUT2D eigenvalue weighted by molar-refractivity contribution is 0.384. The maximum Gasteiger partial charge on any atom is 0.200 e. The molecule has 2 aromatic carbocycles. The van der Waals surface area contributed by atoms with Crippen molar-refractivity contribution < 1.29 is 27.1 Å². The number of benzene rings is 2. The molecule has 0 spiro atoms. The summed E-state index contributed by atoms with van der Waals surface area (Å²) in [6, 6.07) is 4.76. The Morgan fingerprint density at radius 1 is 0.958 bits per heavy atom. The topological polar surface area (TPSA) is 20.2 Å². The molecule has 2 rings (SSSR count). The second-order valence-electron chi connectivity index (χ2n) is 5.78. The molecule has 0 saturated carbocycles. The number of hydrogen-bond donors (Lipinski definition) is 1. The first kappa shape index (κ1) is 18.7. The van der Waals surface area contributed by atoms with Gasteiger partial charge in [0, 0.05) is 10.7 Å². The molecule has 2 unspecified atom stereocenters. The van der Waals surface area contributed by atoms with E-state index in [-0.39, 0.29) is 5.75 Å². The molecule has 0 aliphatic rings. The molecule has 2 atom stereocenters. The number of phenolic OH excluding ortho intramolecular Hbond substituents is 1. The number of aryl methyl sites for hydroxylation is 1. The molecule has 1 N–H and O–H groups in total. The molecule has 130 valence electrons. The van der Waals surface area contributed by atoms with E-state index >= 15 is 0 Å². The third kappa shape index (κ3) is 3.12. The van der Waals surface area contributed by atoms with Crippen molar-refractivity contribution in [3.63, 3.8) is 0 Å². The number of rotatable bonds is 4. The predicted octanol–water partition coefficient (Wildman–Crippen LogP) is 5.03. The van der Waals surface area contributed by atoms with E-state index in [4.69, 9.17) is 0 Å². The monoisotopic (exact) mass is 362 g/mol. The molecule has 0 aromatic heterocycles. The quantitative estimate of drug-likeness (QED) is 0.350. The van der Waals surface area contributed by atoms with Crippen LogP contribution in [0.3, 0.4) is 0 Å². The van der Waals surface area contributed by atoms with Gasteiger partial charge in [0.1, 0.15) is 5.75 Å². The molecular weight excluding hydrogens is 346 g/mol. The van der Waals surface area contributed by atoms with Crippen LogP contribution in [0.15, 0.2) is 18.2 Å². The van der Waals surface area contributed by atoms with E-state index < -0.39 is 48.1 Å². The van der Waals surface area contributed by atoms with E-state index in [0.29, 0.717) is 12.0 Å². The third-order valence-corrected chi connectivity index (χ3v) is 5.93. The van der Waals surface area contributed by atoms with Crippen molar-refractivity contribution in [2.45, 2.75) is 32.3 Å². The summed E-state index contributed by atoms with van der Waals surface area (Å²) in [6.07, 6.45) is 0.335. The molecule has 0 bridgehead atoms. The Morgan fingerprint density at radius 2 is 1.46 bits per heavy atom. The summed E-state index contributed by atoms with van der Waals surface area (Å²) >= 11 is 0. The van der Waals surface area contributed by atoms with Gasteiger partial charge in [-0.25, -0.2) is 22.0 Å². The van der Waals surface area contributed by atoms with Crippen molar-refractivity contribution in [2.24, 2.45) is 0 Å². The SMILES string of the molecule is CCC(C)(Pc1c(F)c(F)c(F)c(F)c1F)c1cc(C)ccc1O. The van der Waals surface area contributed by atoms with Crippen LogP contribution >= 0.6 is 8.58 Å². The normalized spacial score (nSPS) is 14.3. The highest BCUT2D eigenvalue weighted by atomic mass is 31.1. The summed E-state index contributed by atoms with van der Waals surface area (Å²) in [5.74, 6) is -9.81. The van der Waals surface area contributed by atoms with Crippen LogP contribution in [0.1, 0.15) is 31.4 Å². The minimum atomic E-state index is -2.17. The molecule has 0 fully saturated rings. The second kappa shape index (κ2) is 6.67. The zero-order chi connectivity index (χ0) is 18.2. The fraction of sp³-hybridized carbons (Fsp3) is 0.294. The minimum absolute atomic E-state index is 0.0821. The van der Waals surface area contributed by atoms with Gasteiger partial charge in [0.15, 0.2) is 23.3 Å². The van der Waals surface area contributed by atoms with Crippen LogP contribution in [0.4, 0.5) is 22.0 Å². The Bertz CT molecular complexity index is 764. The Morgan fingerprint density at radius 3 is 1.96 bits per heavy atom. The van der Waals surface area contributed by atoms with Gasteiger partial charge in [-0.1, -0.05) is 40.1 Å². The van der Waals surface area contributed by atoms with Gasteiger partial charge in [-0.3, -0.25) is 0 Å². The molecule has 2 aromatic rings. The van der Waals surface area contributed by atoms with Crippen LogP contribution in [0, 0.1) is 36.0 Å². The highest BCUT2D eigenvalue weighted by Crippen LogP contribution is 2.48. The van der Waals surface area contributed by atoms with Crippen molar-refractivity contribution in [2.75, 3.05) is 0 Å². The summed E-state index contributed by atoms with van der Waals surface area (Å²) in [5.41, 5.74) is 1.22. The molecule has 24 heavy (non-hydrogen) atoms. The Kier molecular flexibility index (Phi) is 5.19. The van der Waals surface area contributed by atoms with Gasteiger partial charge in [-0.05, 0) is 19.4 Å². The van der Waals surface area contributed by atoms with Gasteiger partial charge in [0.25, 0.3) is 0 Å². The van der Waals surface area contributed by atoms with E-state index in [1.54, 1.807) is 32.9 Å². The maximum absolute atomic E-state index is 14.0. The predicted molar refractivity (Wildman–Crippen MR) is 84.7 cm³/mol. The van der Waals surface area contributed by atoms with Gasteiger partial charge in [0.2, 0.25) is 5.82 Å². The molecule has 0 aliphatic carbocycles. The number of aromatic hydroxyl groups is 1. The van der Waals surface area contributed by atoms with E-state index in [9.17, 15) is 27.1 Å². The highest BCUT2D eigenvalue weighted by Gasteiger charge is 2.34. The first-order valence-electron chi connectivity index (χ1n) is 7.22. The molecule has 7 heteroatoms. The Hall–Kier alpha value is -1.68. The average Bonchev–Trinajstić information content (AvgIpc) is 2.57. The standard InChI is InChI=1S/C17H16F5OP/c1-4-17(3,9-7-8(2)5-6-10(9)23)24-16-14(21)12(19)11(18)13(20)15(16)22/h5-7,23-24H,4H2,1-3H3. The Labute approximate surface area is 138 Å². The number of hydrogen-bond acceptors (Lipinski definition) is 1. The van der Waals surface area contributed by atoms with Crippen molar-refractivity contribution in [1.29, 1.82) is 0 Å². The molecule has 0 aliphatic heterocycles. The largest absolute Gasteiger partial charge is 0.508 e. The van der Waals surface area contributed by atoms with E-state index in [2.05, 4.69) is 0 Å². The minimum Gasteiger partial charge on any atom is -0.508 e. The van der Waals surface area contributed by atoms with E-state index in [0.717, 1.165) is 5.56 Å². The van der Waals surface area contributed by atoms with Gasteiger partial charge in [-0.15, -0.1) is 0 Å². The molecule has 0 heterocycles. The molecule has 1 nitrogen and oxygen atoms in total. The van der Waals surface area contributed by atoms with Gasteiger partial charge >= 0.3 is 0 Å². The fourth-order valence-electron chi connectivity index (χ4n) is 2.43. The van der Waals surface area contributed by atoms with E-state index in [1.807, 2.05) is 0 Å². The first-order valence-corrected chi connectivity index (χ1v) is 8.22. The van der Waals surface area contributed by atoms with Gasteiger partial charge in [0.05, 0.1) is 5.30 Å². The first-order chi connectivity index (χ1) is 11.1. The lowest BCUT2D eigenvalue weighted by Crippen LogP contribution is -2.24. The third-order valence-electron chi connectivity index (χ3n) is 4.06. The van der Waals surface area contributed by atoms with Crippen LogP contribution in [-0.2, 0) is 5.16 Å². The van der Waals surface area contributed by atoms with Crippen molar-refractivity contribution in [3.05, 3.63) is 58.4 Å². The maximum atomic E-state index is 14.0. The van der Waals surface area contributed by atoms with Crippen LogP contribution in [0.5, 0.6) is 5.75 Å². The van der Waals surface area contributed by atoms with Crippen molar-refractivity contribution in [3.8, 4) is 5.75 Å². The summed E-state index contributed by atoms with van der Waals surface area (Å²) in [6.45, 7) is 5.12. The van der Waals surface area contributed by atoms with E-state index in [1.165, 1.54) is 6.07 Å². The smallest absolute Gasteiger partial charge is 0.200 e. The zero-order valence-electron chi connectivity index (χ0n) is 13.3. The summed E-state index contributed by atoms with van der Waals surface area (Å²) < 4.78 is 68.0. The summed E-state index contributed by atoms with van der Waals surface area (Å²) in [5, 5.41) is 8.25. The molecule has 0 saturated heterocycles. The van der Waals surface area contributed by atoms with Crippen LogP contribution in [0.2, 0.25) is 0 Å². The molecule has 0 radical (unpaired) electrons. The summed E-state index contributed by atoms with van der Waals surface area (Å²) in [7, 11) is -0.751. The van der Waals surface area contributed by atoms with Crippen LogP contribution in [-0.4, -0.2) is 5.11 Å². The van der Waals surface area contributed by atoms with Gasteiger partial charge in [-0.2, -0.15) is 0 Å². The molecule has 0 amide bonds. The zero-order valence-corrected chi connectivity index (χ0v) is 14.3.